The molecule has 4 rings (SSSR count). The molecule has 0 saturated heterocycles. The third-order valence-electron chi connectivity index (χ3n) is 7.32. The SMILES string of the molecule is CCCC1CCC(c2ccc(-c3cc(F)c(C(=O)Oc4c(SF)c(SF)c(SF)c(SF)c4SF)c(F)c3)cc2)CC1. The van der Waals surface area contributed by atoms with Crippen LogP contribution in [0.3, 0.4) is 0 Å². The summed E-state index contributed by atoms with van der Waals surface area (Å²) in [7, 11) is 0. The predicted octanol–water partition coefficient (Wildman–Crippen LogP) is 12.8. The molecule has 226 valence electrons. The van der Waals surface area contributed by atoms with Crippen LogP contribution in [0.4, 0.5) is 28.2 Å². The molecule has 0 bridgehead atoms. The molecule has 0 aliphatic heterocycles. The summed E-state index contributed by atoms with van der Waals surface area (Å²) in [5, 5.41) is 0. The molecule has 3 aromatic carbocycles. The molecule has 1 fully saturated rings. The van der Waals surface area contributed by atoms with E-state index >= 15 is 8.78 Å². The molecule has 1 aliphatic carbocycles. The number of ether oxygens (including phenoxy) is 1. The fourth-order valence-electron chi connectivity index (χ4n) is 5.28. The summed E-state index contributed by atoms with van der Waals surface area (Å²) in [4.78, 5) is 8.59. The lowest BCUT2D eigenvalue weighted by molar-refractivity contribution is 0.0713. The number of carbonyl (C=O) groups excluding carboxylic acids is 1. The van der Waals surface area contributed by atoms with Crippen molar-refractivity contribution < 1.29 is 37.7 Å². The number of benzene rings is 3. The zero-order valence-electron chi connectivity index (χ0n) is 21.9. The van der Waals surface area contributed by atoms with Crippen LogP contribution in [-0.4, -0.2) is 5.97 Å². The van der Waals surface area contributed by atoms with Gasteiger partial charge in [0.05, 0.1) is 75.4 Å². The van der Waals surface area contributed by atoms with Gasteiger partial charge in [0.2, 0.25) is 0 Å². The minimum Gasteiger partial charge on any atom is -0.420 e. The Morgan fingerprint density at radius 3 is 1.67 bits per heavy atom. The summed E-state index contributed by atoms with van der Waals surface area (Å²) in [6, 6.07) is 9.15. The first kappa shape index (κ1) is 33.3. The van der Waals surface area contributed by atoms with E-state index in [4.69, 9.17) is 4.74 Å². The second-order valence-corrected chi connectivity index (χ2v) is 12.5. The zero-order chi connectivity index (χ0) is 30.4. The minimum atomic E-state index is -1.71. The molecule has 0 amide bonds. The van der Waals surface area contributed by atoms with Crippen molar-refractivity contribution in [2.75, 3.05) is 0 Å². The van der Waals surface area contributed by atoms with Crippen LogP contribution in [0.15, 0.2) is 60.9 Å². The molecule has 0 N–H and O–H groups in total. The van der Waals surface area contributed by atoms with E-state index in [9.17, 15) is 24.2 Å². The summed E-state index contributed by atoms with van der Waals surface area (Å²) in [6.45, 7) is 2.19. The largest absolute Gasteiger partial charge is 0.420 e. The van der Waals surface area contributed by atoms with E-state index in [1.807, 2.05) is 12.1 Å². The normalized spacial score (nSPS) is 17.0. The maximum Gasteiger partial charge on any atom is 0.349 e. The van der Waals surface area contributed by atoms with Gasteiger partial charge in [0.1, 0.15) is 27.0 Å². The Bertz CT molecular complexity index is 1360. The second-order valence-electron chi connectivity index (χ2n) is 9.69. The number of carbonyl (C=O) groups is 1. The molecule has 0 aromatic heterocycles. The van der Waals surface area contributed by atoms with Gasteiger partial charge in [0.25, 0.3) is 0 Å². The number of hydrogen-bond donors (Lipinski definition) is 0. The summed E-state index contributed by atoms with van der Waals surface area (Å²) in [6.07, 6.45) is 6.92. The molecule has 0 heterocycles. The first-order valence-electron chi connectivity index (χ1n) is 12.8. The Hall–Kier alpha value is -1.61. The van der Waals surface area contributed by atoms with Gasteiger partial charge >= 0.3 is 5.97 Å². The van der Waals surface area contributed by atoms with E-state index in [0.29, 0.717) is 11.5 Å². The highest BCUT2D eigenvalue weighted by molar-refractivity contribution is 8.00. The predicted molar refractivity (Wildman–Crippen MR) is 158 cm³/mol. The third-order valence-corrected chi connectivity index (χ3v) is 10.6. The van der Waals surface area contributed by atoms with Crippen LogP contribution in [0.5, 0.6) is 5.75 Å². The van der Waals surface area contributed by atoms with Crippen LogP contribution in [0.25, 0.3) is 11.1 Å². The number of hydrogen-bond acceptors (Lipinski definition) is 7. The van der Waals surface area contributed by atoms with Crippen LogP contribution in [0.1, 0.15) is 67.3 Å². The van der Waals surface area contributed by atoms with E-state index in [1.54, 1.807) is 12.1 Å². The van der Waals surface area contributed by atoms with Crippen LogP contribution in [-0.2, 0) is 0 Å². The van der Waals surface area contributed by atoms with Gasteiger partial charge in [0, 0.05) is 0 Å². The molecule has 42 heavy (non-hydrogen) atoms. The molecule has 2 nitrogen and oxygen atoms in total. The fourth-order valence-corrected chi connectivity index (χ4v) is 8.08. The molecular formula is C28H23F7O2S5. The Morgan fingerprint density at radius 2 is 1.21 bits per heavy atom. The zero-order valence-corrected chi connectivity index (χ0v) is 25.9. The van der Waals surface area contributed by atoms with Gasteiger partial charge in [-0.15, -0.1) is 0 Å². The van der Waals surface area contributed by atoms with Crippen molar-refractivity contribution in [3.8, 4) is 16.9 Å². The Kier molecular flexibility index (Phi) is 12.2. The lowest BCUT2D eigenvalue weighted by Crippen LogP contribution is -2.15. The molecule has 14 heteroatoms. The molecule has 0 spiro atoms. The third kappa shape index (κ3) is 7.03. The van der Waals surface area contributed by atoms with Crippen molar-refractivity contribution >= 4 is 66.7 Å². The van der Waals surface area contributed by atoms with Crippen LogP contribution in [0.2, 0.25) is 0 Å². The van der Waals surface area contributed by atoms with E-state index < -0.39 is 114 Å². The maximum absolute atomic E-state index is 15.1. The molecule has 0 atom stereocenters. The van der Waals surface area contributed by atoms with E-state index in [0.717, 1.165) is 36.5 Å². The summed E-state index contributed by atoms with van der Waals surface area (Å²) < 4.78 is 103. The van der Waals surface area contributed by atoms with E-state index in [-0.39, 0.29) is 5.56 Å². The average Bonchev–Trinajstić information content (AvgIpc) is 3.00. The smallest absolute Gasteiger partial charge is 0.349 e. The van der Waals surface area contributed by atoms with Gasteiger partial charge < -0.3 is 4.74 Å². The Labute approximate surface area is 261 Å². The molecule has 3 aromatic rings. The van der Waals surface area contributed by atoms with Crippen molar-refractivity contribution in [3.05, 3.63) is 59.2 Å². The van der Waals surface area contributed by atoms with Crippen LogP contribution < -0.4 is 4.74 Å². The van der Waals surface area contributed by atoms with Crippen molar-refractivity contribution in [2.24, 2.45) is 5.92 Å². The molecule has 0 radical (unpaired) electrons. The fraction of sp³-hybridized carbons (Fsp3) is 0.321. The van der Waals surface area contributed by atoms with Gasteiger partial charge in [-0.1, -0.05) is 44.0 Å². The quantitative estimate of drug-likeness (QED) is 0.113. The van der Waals surface area contributed by atoms with Crippen molar-refractivity contribution in [2.45, 2.75) is 75.8 Å². The number of rotatable bonds is 11. The van der Waals surface area contributed by atoms with E-state index in [1.165, 1.54) is 25.7 Å². The maximum atomic E-state index is 15.1. The minimum absolute atomic E-state index is 0.135. The highest BCUT2D eigenvalue weighted by atomic mass is 32.2. The van der Waals surface area contributed by atoms with Gasteiger partial charge in [-0.05, 0) is 66.3 Å². The molecule has 1 aliphatic rings. The van der Waals surface area contributed by atoms with Gasteiger partial charge in [0.15, 0.2) is 5.75 Å². The molecule has 0 unspecified atom stereocenters. The summed E-state index contributed by atoms with van der Waals surface area (Å²) in [5.41, 5.74) is 0.594. The van der Waals surface area contributed by atoms with Gasteiger partial charge in [-0.2, -0.15) is 19.4 Å². The molecular weight excluding hydrogens is 662 g/mol. The highest BCUT2D eigenvalue weighted by Gasteiger charge is 2.32. The average molecular weight is 685 g/mol. The monoisotopic (exact) mass is 684 g/mol. The van der Waals surface area contributed by atoms with Crippen molar-refractivity contribution in [1.29, 1.82) is 0 Å². The van der Waals surface area contributed by atoms with Gasteiger partial charge in [-0.25, -0.2) is 13.6 Å². The molecule has 1 saturated carbocycles. The first-order chi connectivity index (χ1) is 20.3. The summed E-state index contributed by atoms with van der Waals surface area (Å²) >= 11 is -3.54. The van der Waals surface area contributed by atoms with Crippen molar-refractivity contribution in [3.63, 3.8) is 0 Å². The second kappa shape index (κ2) is 15.4. The van der Waals surface area contributed by atoms with Crippen LogP contribution in [0, 0.1) is 17.6 Å². The van der Waals surface area contributed by atoms with Crippen LogP contribution >= 0.6 is 60.7 Å². The lowest BCUT2D eigenvalue weighted by atomic mass is 9.77. The highest BCUT2D eigenvalue weighted by Crippen LogP contribution is 2.55. The Balaban J connectivity index is 1.60. The topological polar surface area (TPSA) is 26.3 Å². The Morgan fingerprint density at radius 1 is 0.738 bits per heavy atom. The first-order valence-corrected chi connectivity index (χ1v) is 16.4. The summed E-state index contributed by atoms with van der Waals surface area (Å²) in [5.74, 6) is -4.22. The van der Waals surface area contributed by atoms with Gasteiger partial charge in [-0.3, -0.25) is 0 Å². The number of esters is 1. The number of halogens is 7. The van der Waals surface area contributed by atoms with Crippen molar-refractivity contribution in [1.82, 2.24) is 0 Å². The lowest BCUT2D eigenvalue weighted by Gasteiger charge is -2.28. The van der Waals surface area contributed by atoms with E-state index in [2.05, 4.69) is 6.92 Å². The standard InChI is InChI=1S/C28H23F7O2S5/c1-2-3-14-4-6-15(7-5-14)16-8-10-17(11-9-16)18-12-19(29)21(20(30)13-18)28(36)37-22-23(38-31)25(40-33)27(42-35)26(41-34)24(22)39-32/h8-15H,2-7H2,1H3.